The van der Waals surface area contributed by atoms with E-state index in [-0.39, 0.29) is 5.69 Å². The summed E-state index contributed by atoms with van der Waals surface area (Å²) in [5.74, 6) is 0. The van der Waals surface area contributed by atoms with Gasteiger partial charge in [-0.25, -0.2) is 4.84 Å². The van der Waals surface area contributed by atoms with Gasteiger partial charge in [0.25, 0.3) is 0 Å². The second-order valence-electron chi connectivity index (χ2n) is 0.670. The summed E-state index contributed by atoms with van der Waals surface area (Å²) in [4.78, 5) is 4.28. The van der Waals surface area contributed by atoms with Crippen molar-refractivity contribution >= 4 is 23.4 Å². The predicted molar refractivity (Wildman–Crippen MR) is 18.4 cm³/mol. The third-order valence-electron chi connectivity index (χ3n) is 0.302. The summed E-state index contributed by atoms with van der Waals surface area (Å²) >= 11 is 10.1. The monoisotopic (exact) mass is 113 g/mol. The summed E-state index contributed by atoms with van der Waals surface area (Å²) in [6.45, 7) is 0. The molecule has 0 spiro atoms. The largest absolute Gasteiger partial charge is 0.245 e. The summed E-state index contributed by atoms with van der Waals surface area (Å²) in [7, 11) is 0. The number of hydrogen-bond donors (Lipinski definition) is 0. The molecule has 30 valence electrons. The lowest BCUT2D eigenvalue weighted by Crippen LogP contribution is -1.69. The van der Waals surface area contributed by atoms with E-state index >= 15 is 0 Å². The summed E-state index contributed by atoms with van der Waals surface area (Å²) < 4.78 is 1.03. The molecule has 1 rings (SSSR count). The van der Waals surface area contributed by atoms with Crippen molar-refractivity contribution < 1.29 is 4.84 Å². The van der Waals surface area contributed by atoms with Crippen LogP contribution in [0.4, 0.5) is 0 Å². The first-order chi connectivity index (χ1) is 2.30. The fourth-order valence-corrected chi connectivity index (χ4v) is 0.258. The van der Waals surface area contributed by atoms with Crippen LogP contribution in [0, 0.1) is 0 Å². The van der Waals surface area contributed by atoms with Crippen LogP contribution in [0.3, 0.4) is 0 Å². The Morgan fingerprint density at radius 1 is 1.80 bits per heavy atom. The number of rotatable bonds is 0. The number of alkyl halides is 1. The van der Waals surface area contributed by atoms with Gasteiger partial charge in [-0.3, -0.25) is 0 Å². The maximum Gasteiger partial charge on any atom is 0.245 e. The molecule has 4 heteroatoms. The molecule has 0 radical (unpaired) electrons. The predicted octanol–water partition coefficient (Wildman–Crippen LogP) is 0.910. The zero-order valence-corrected chi connectivity index (χ0v) is 3.70. The van der Waals surface area contributed by atoms with E-state index in [2.05, 4.69) is 4.84 Å². The van der Waals surface area contributed by atoms with Gasteiger partial charge in [0.1, 0.15) is 0 Å². The molecule has 1 aliphatic heterocycles. The molecular weight excluding hydrogens is 113 g/mol. The van der Waals surface area contributed by atoms with Gasteiger partial charge in [0.05, 0.1) is 0 Å². The van der Waals surface area contributed by atoms with Crippen LogP contribution >= 0.6 is 23.4 Å². The Morgan fingerprint density at radius 3 is 2.00 bits per heavy atom. The second kappa shape index (κ2) is 0.980. The average molecular weight is 114 g/mol. The third kappa shape index (κ3) is 0.666. The van der Waals surface area contributed by atoms with Crippen LogP contribution in [0.2, 0.25) is 0 Å². The maximum absolute atomic E-state index is 5.11. The molecule has 0 saturated carbocycles. The van der Waals surface area contributed by atoms with Crippen LogP contribution in [0.1, 0.15) is 0 Å². The Bertz CT molecular complexity index is 42.9. The average Bonchev–Trinajstić information content (AvgIpc) is 1.79. The van der Waals surface area contributed by atoms with E-state index in [1.54, 1.807) is 0 Å². The highest BCUT2D eigenvalue weighted by atomic mass is 35.5. The molecule has 5 heavy (non-hydrogen) atoms. The molecule has 1 saturated heterocycles. The quantitative estimate of drug-likeness (QED) is 0.201. The lowest BCUT2D eigenvalue weighted by Gasteiger charge is -1.58. The Labute approximate surface area is 39.3 Å². The van der Waals surface area contributed by atoms with Crippen molar-refractivity contribution in [3.05, 3.63) is 0 Å². The van der Waals surface area contributed by atoms with Crippen molar-refractivity contribution in [3.8, 4) is 0 Å². The Hall–Kier alpha value is 0.500. The molecule has 0 amide bonds. The highest BCUT2D eigenvalue weighted by Gasteiger charge is 2.32. The molecule has 1 fully saturated rings. The molecule has 0 aliphatic carbocycles. The standard InChI is InChI=1S/CHCl2NO/c2-1-4(3)5-1/h1H. The number of hydrogen-bond acceptors (Lipinski definition) is 2. The number of nitrogens with zero attached hydrogens (tertiary/aromatic N) is 1. The van der Waals surface area contributed by atoms with E-state index in [1.807, 2.05) is 0 Å². The maximum atomic E-state index is 5.11. The van der Waals surface area contributed by atoms with Gasteiger partial charge in [-0.05, 0) is 4.58 Å². The minimum Gasteiger partial charge on any atom is -0.240 e. The fraction of sp³-hybridized carbons (Fsp3) is 1.00. The van der Waals surface area contributed by atoms with E-state index in [0.717, 1.165) is 4.58 Å². The van der Waals surface area contributed by atoms with Crippen LogP contribution in [0.25, 0.3) is 0 Å². The Kier molecular flexibility index (Phi) is 0.722. The van der Waals surface area contributed by atoms with Crippen LogP contribution in [0.5, 0.6) is 0 Å². The van der Waals surface area contributed by atoms with Crippen LogP contribution in [-0.4, -0.2) is 10.3 Å². The summed E-state index contributed by atoms with van der Waals surface area (Å²) in [6, 6.07) is 0. The van der Waals surface area contributed by atoms with Gasteiger partial charge in [-0.1, -0.05) is 11.6 Å². The minimum absolute atomic E-state index is 0.378. The molecule has 1 heterocycles. The normalized spacial score (nSPS) is 49.2. The van der Waals surface area contributed by atoms with E-state index in [1.165, 1.54) is 0 Å². The first kappa shape index (κ1) is 3.68. The van der Waals surface area contributed by atoms with E-state index in [9.17, 15) is 0 Å². The zero-order valence-electron chi connectivity index (χ0n) is 2.19. The van der Waals surface area contributed by atoms with Gasteiger partial charge in [0.15, 0.2) is 0 Å². The molecule has 0 aromatic carbocycles. The number of halogens is 2. The molecule has 2 atom stereocenters. The topological polar surface area (TPSA) is 15.5 Å². The van der Waals surface area contributed by atoms with Gasteiger partial charge >= 0.3 is 0 Å². The van der Waals surface area contributed by atoms with Gasteiger partial charge < -0.3 is 0 Å². The van der Waals surface area contributed by atoms with Gasteiger partial charge in [0, 0.05) is 11.8 Å². The van der Waals surface area contributed by atoms with Crippen molar-refractivity contribution in [3.63, 3.8) is 0 Å². The van der Waals surface area contributed by atoms with Crippen molar-refractivity contribution in [1.29, 1.82) is 0 Å². The number of hydroxylamine groups is 1. The van der Waals surface area contributed by atoms with Crippen LogP contribution < -0.4 is 0 Å². The molecule has 0 aromatic rings. The lowest BCUT2D eigenvalue weighted by molar-refractivity contribution is 0.302. The van der Waals surface area contributed by atoms with Gasteiger partial charge in [-0.15, -0.1) is 0 Å². The third-order valence-corrected chi connectivity index (χ3v) is 0.915. The Balaban J connectivity index is 2.20. The smallest absolute Gasteiger partial charge is 0.240 e. The van der Waals surface area contributed by atoms with E-state index in [4.69, 9.17) is 23.4 Å². The summed E-state index contributed by atoms with van der Waals surface area (Å²) in [5, 5.41) is 0. The Morgan fingerprint density at radius 2 is 2.00 bits per heavy atom. The molecular formula is CHCl2NO. The zero-order chi connectivity index (χ0) is 3.86. The fourth-order valence-electron chi connectivity index (χ4n) is 0.0559. The van der Waals surface area contributed by atoms with Gasteiger partial charge in [-0.2, -0.15) is 0 Å². The van der Waals surface area contributed by atoms with Crippen molar-refractivity contribution in [2.45, 2.75) is 5.69 Å². The highest BCUT2D eigenvalue weighted by molar-refractivity contribution is 6.25. The van der Waals surface area contributed by atoms with Crippen molar-refractivity contribution in [2.24, 2.45) is 0 Å². The van der Waals surface area contributed by atoms with Crippen molar-refractivity contribution in [1.82, 2.24) is 4.58 Å². The minimum atomic E-state index is -0.378. The van der Waals surface area contributed by atoms with Crippen molar-refractivity contribution in [2.75, 3.05) is 0 Å². The molecule has 1 aliphatic rings. The molecule has 0 N–H and O–H groups in total. The first-order valence-corrected chi connectivity index (χ1v) is 1.84. The molecule has 0 bridgehead atoms. The first-order valence-electron chi connectivity index (χ1n) is 1.06. The SMILES string of the molecule is ClC1ON1Cl. The second-order valence-corrected chi connectivity index (χ2v) is 1.38. The molecule has 2 unspecified atom stereocenters. The molecule has 0 aromatic heterocycles. The lowest BCUT2D eigenvalue weighted by atomic mass is 11.5. The van der Waals surface area contributed by atoms with Crippen LogP contribution in [-0.2, 0) is 4.84 Å². The molecule has 2 nitrogen and oxygen atoms in total. The van der Waals surface area contributed by atoms with E-state index < -0.39 is 0 Å². The highest BCUT2D eigenvalue weighted by Crippen LogP contribution is 2.25. The van der Waals surface area contributed by atoms with Crippen LogP contribution in [0.15, 0.2) is 0 Å². The van der Waals surface area contributed by atoms with E-state index in [0.29, 0.717) is 0 Å². The summed E-state index contributed by atoms with van der Waals surface area (Å²) in [6.07, 6.45) is 0. The van der Waals surface area contributed by atoms with Gasteiger partial charge in [0.2, 0.25) is 5.69 Å². The summed E-state index contributed by atoms with van der Waals surface area (Å²) in [5.41, 5.74) is -0.378.